The van der Waals surface area contributed by atoms with Gasteiger partial charge in [-0.05, 0) is 44.9 Å². The maximum absolute atomic E-state index is 12.5. The molecule has 26 heavy (non-hydrogen) atoms. The molecular weight excluding hydrogens is 353 g/mol. The van der Waals surface area contributed by atoms with Crippen molar-refractivity contribution in [1.82, 2.24) is 5.32 Å². The summed E-state index contributed by atoms with van der Waals surface area (Å²) in [7, 11) is 0. The minimum absolute atomic E-state index is 0.00157. The van der Waals surface area contributed by atoms with E-state index in [0.717, 1.165) is 43.8 Å². The van der Waals surface area contributed by atoms with Crippen LogP contribution in [0.4, 0.5) is 18.9 Å². The molecule has 0 radical (unpaired) electrons. The van der Waals surface area contributed by atoms with Gasteiger partial charge in [-0.3, -0.25) is 4.79 Å². The van der Waals surface area contributed by atoms with Crippen LogP contribution in [0, 0.1) is 0 Å². The topological polar surface area (TPSA) is 78.9 Å². The maximum Gasteiger partial charge on any atom is 0.490 e. The van der Waals surface area contributed by atoms with Gasteiger partial charge in [-0.15, -0.1) is 0 Å². The van der Waals surface area contributed by atoms with E-state index in [1.54, 1.807) is 0 Å². The van der Waals surface area contributed by atoms with Gasteiger partial charge in [0.15, 0.2) is 0 Å². The standard InChI is InChI=1S/C15H20N2O2.C2HF3O2/c1-2-19-14-7-3-6-13-11(14)8-10-17(13)15(18)12-5-4-9-16-12;3-2(4,5)1(6)7/h3,6-7,12,16H,2,4-5,8-10H2,1H3;(H,6,7)/t12-;/m0./s1. The number of benzene rings is 1. The van der Waals surface area contributed by atoms with Crippen LogP contribution in [0.15, 0.2) is 18.2 Å². The number of nitrogens with one attached hydrogen (secondary N) is 1. The first-order valence-corrected chi connectivity index (χ1v) is 8.35. The SMILES string of the molecule is CCOc1cccc2c1CCN2C(=O)[C@@H]1CCCN1.O=C(O)C(F)(F)F. The van der Waals surface area contributed by atoms with E-state index in [9.17, 15) is 18.0 Å². The lowest BCUT2D eigenvalue weighted by Crippen LogP contribution is -2.42. The molecule has 2 N–H and O–H groups in total. The van der Waals surface area contributed by atoms with Crippen LogP contribution in [-0.2, 0) is 16.0 Å². The quantitative estimate of drug-likeness (QED) is 0.849. The van der Waals surface area contributed by atoms with Gasteiger partial charge in [0, 0.05) is 12.1 Å². The number of aliphatic carboxylic acids is 1. The molecule has 1 aromatic rings. The third kappa shape index (κ3) is 4.66. The van der Waals surface area contributed by atoms with E-state index in [0.29, 0.717) is 6.61 Å². The number of carboxylic acid groups (broad SMARTS) is 1. The number of carbonyl (C=O) groups excluding carboxylic acids is 1. The normalized spacial score (nSPS) is 18.8. The molecule has 0 spiro atoms. The predicted molar refractivity (Wildman–Crippen MR) is 88.4 cm³/mol. The van der Waals surface area contributed by atoms with Crippen molar-refractivity contribution >= 4 is 17.6 Å². The van der Waals surface area contributed by atoms with Crippen molar-refractivity contribution in [2.75, 3.05) is 24.6 Å². The van der Waals surface area contributed by atoms with Gasteiger partial charge in [0.25, 0.3) is 0 Å². The first-order chi connectivity index (χ1) is 12.3. The van der Waals surface area contributed by atoms with E-state index in [-0.39, 0.29) is 11.9 Å². The molecule has 0 unspecified atom stereocenters. The molecule has 0 aliphatic carbocycles. The number of hydrogen-bond donors (Lipinski definition) is 2. The van der Waals surface area contributed by atoms with Crippen molar-refractivity contribution in [1.29, 1.82) is 0 Å². The maximum atomic E-state index is 12.5. The minimum Gasteiger partial charge on any atom is -0.494 e. The summed E-state index contributed by atoms with van der Waals surface area (Å²) >= 11 is 0. The summed E-state index contributed by atoms with van der Waals surface area (Å²) in [6, 6.07) is 5.99. The molecule has 1 fully saturated rings. The number of fused-ring (bicyclic) bond motifs is 1. The van der Waals surface area contributed by atoms with Crippen LogP contribution in [0.1, 0.15) is 25.3 Å². The Hall–Kier alpha value is -2.29. The molecule has 1 aromatic carbocycles. The van der Waals surface area contributed by atoms with Crippen LogP contribution in [0.5, 0.6) is 5.75 Å². The number of halogens is 3. The van der Waals surface area contributed by atoms with Crippen molar-refractivity contribution in [2.45, 2.75) is 38.4 Å². The van der Waals surface area contributed by atoms with E-state index >= 15 is 0 Å². The van der Waals surface area contributed by atoms with Crippen molar-refractivity contribution < 1.29 is 32.6 Å². The van der Waals surface area contributed by atoms with Gasteiger partial charge in [0.2, 0.25) is 5.91 Å². The molecule has 2 aliphatic heterocycles. The zero-order chi connectivity index (χ0) is 19.3. The lowest BCUT2D eigenvalue weighted by atomic mass is 10.1. The fraction of sp³-hybridized carbons (Fsp3) is 0.529. The Morgan fingerprint density at radius 2 is 2.08 bits per heavy atom. The van der Waals surface area contributed by atoms with E-state index in [4.69, 9.17) is 14.6 Å². The zero-order valence-electron chi connectivity index (χ0n) is 14.3. The van der Waals surface area contributed by atoms with Crippen molar-refractivity contribution in [3.05, 3.63) is 23.8 Å². The summed E-state index contributed by atoms with van der Waals surface area (Å²) in [5, 5.41) is 10.4. The van der Waals surface area contributed by atoms with Gasteiger partial charge >= 0.3 is 12.1 Å². The Morgan fingerprint density at radius 1 is 1.38 bits per heavy atom. The zero-order valence-corrected chi connectivity index (χ0v) is 14.3. The molecule has 0 bridgehead atoms. The molecule has 144 valence electrons. The average molecular weight is 374 g/mol. The van der Waals surface area contributed by atoms with E-state index in [1.807, 2.05) is 30.0 Å². The monoisotopic (exact) mass is 374 g/mol. The second-order valence-corrected chi connectivity index (χ2v) is 5.88. The molecule has 6 nitrogen and oxygen atoms in total. The number of amides is 1. The van der Waals surface area contributed by atoms with Crippen molar-refractivity contribution in [3.63, 3.8) is 0 Å². The van der Waals surface area contributed by atoms with E-state index in [2.05, 4.69) is 5.32 Å². The highest BCUT2D eigenvalue weighted by Gasteiger charge is 2.38. The number of hydrogen-bond acceptors (Lipinski definition) is 4. The summed E-state index contributed by atoms with van der Waals surface area (Å²) in [6.07, 6.45) is -2.14. The molecule has 2 heterocycles. The molecule has 0 aromatic heterocycles. The Balaban J connectivity index is 0.000000298. The van der Waals surface area contributed by atoms with Gasteiger partial charge in [-0.1, -0.05) is 6.07 Å². The summed E-state index contributed by atoms with van der Waals surface area (Å²) in [5.41, 5.74) is 2.21. The number of carboxylic acids is 1. The van der Waals surface area contributed by atoms with E-state index in [1.165, 1.54) is 5.56 Å². The molecule has 0 saturated carbocycles. The number of rotatable bonds is 3. The first-order valence-electron chi connectivity index (χ1n) is 8.35. The Kier molecular flexibility index (Phi) is 6.47. The van der Waals surface area contributed by atoms with Gasteiger partial charge < -0.3 is 20.1 Å². The van der Waals surface area contributed by atoms with E-state index < -0.39 is 12.1 Å². The average Bonchev–Trinajstić information content (AvgIpc) is 3.24. The van der Waals surface area contributed by atoms with Crippen LogP contribution in [-0.4, -0.2) is 48.9 Å². The largest absolute Gasteiger partial charge is 0.494 e. The highest BCUT2D eigenvalue weighted by Crippen LogP contribution is 2.35. The van der Waals surface area contributed by atoms with Crippen LogP contribution < -0.4 is 15.0 Å². The Bertz CT molecular complexity index is 658. The highest BCUT2D eigenvalue weighted by molar-refractivity contribution is 5.99. The molecule has 1 amide bonds. The molecular formula is C17H21F3N2O4. The lowest BCUT2D eigenvalue weighted by molar-refractivity contribution is -0.192. The highest BCUT2D eigenvalue weighted by atomic mass is 19.4. The Morgan fingerprint density at radius 3 is 2.62 bits per heavy atom. The van der Waals surface area contributed by atoms with Crippen LogP contribution >= 0.6 is 0 Å². The molecule has 3 rings (SSSR count). The minimum atomic E-state index is -5.08. The van der Waals surface area contributed by atoms with Crippen LogP contribution in [0.3, 0.4) is 0 Å². The fourth-order valence-electron chi connectivity index (χ4n) is 3.01. The molecule has 9 heteroatoms. The van der Waals surface area contributed by atoms with Gasteiger partial charge in [0.1, 0.15) is 5.75 Å². The number of carbonyl (C=O) groups is 2. The summed E-state index contributed by atoms with van der Waals surface area (Å²) < 4.78 is 37.4. The number of alkyl halides is 3. The molecule has 2 aliphatic rings. The third-order valence-corrected chi connectivity index (χ3v) is 4.15. The molecule has 1 saturated heterocycles. The Labute approximate surface area is 148 Å². The number of anilines is 1. The second kappa shape index (κ2) is 8.39. The number of nitrogens with zero attached hydrogens (tertiary/aromatic N) is 1. The third-order valence-electron chi connectivity index (χ3n) is 4.15. The predicted octanol–water partition coefficient (Wildman–Crippen LogP) is 2.36. The van der Waals surface area contributed by atoms with Crippen molar-refractivity contribution in [2.24, 2.45) is 0 Å². The summed E-state index contributed by atoms with van der Waals surface area (Å²) in [4.78, 5) is 23.3. The van der Waals surface area contributed by atoms with Gasteiger partial charge in [0.05, 0.1) is 18.3 Å². The smallest absolute Gasteiger partial charge is 0.490 e. The van der Waals surface area contributed by atoms with Gasteiger partial charge in [-0.25, -0.2) is 4.79 Å². The first kappa shape index (κ1) is 20.0. The summed E-state index contributed by atoms with van der Waals surface area (Å²) in [6.45, 7) is 4.38. The summed E-state index contributed by atoms with van der Waals surface area (Å²) in [5.74, 6) is -1.62. The fourth-order valence-corrected chi connectivity index (χ4v) is 3.01. The van der Waals surface area contributed by atoms with Gasteiger partial charge in [-0.2, -0.15) is 13.2 Å². The second-order valence-electron chi connectivity index (χ2n) is 5.88. The van der Waals surface area contributed by atoms with Crippen molar-refractivity contribution in [3.8, 4) is 5.75 Å². The van der Waals surface area contributed by atoms with Crippen LogP contribution in [0.2, 0.25) is 0 Å². The molecule has 1 atom stereocenters. The lowest BCUT2D eigenvalue weighted by Gasteiger charge is -2.21. The number of ether oxygens (including phenoxy) is 1. The van der Waals surface area contributed by atoms with Crippen LogP contribution in [0.25, 0.3) is 0 Å².